The normalized spacial score (nSPS) is 40.7. The molecule has 1 saturated heterocycles. The zero-order valence-corrected chi connectivity index (χ0v) is 11.2. The first-order valence-corrected chi connectivity index (χ1v) is 6.37. The number of ether oxygens (including phenoxy) is 2. The minimum Gasteiger partial charge on any atom is -0.465 e. The van der Waals surface area contributed by atoms with Crippen LogP contribution in [0.25, 0.3) is 0 Å². The van der Waals surface area contributed by atoms with E-state index in [-0.39, 0.29) is 11.4 Å². The fourth-order valence-corrected chi connectivity index (χ4v) is 3.35. The zero-order chi connectivity index (χ0) is 12.6. The smallest absolute Gasteiger partial charge is 0.302 e. The number of rotatable bonds is 2. The number of hydrogen-bond donors (Lipinski definition) is 0. The summed E-state index contributed by atoms with van der Waals surface area (Å²) in [6, 6.07) is 0. The van der Waals surface area contributed by atoms with Gasteiger partial charge in [0.1, 0.15) is 0 Å². The highest BCUT2D eigenvalue weighted by Crippen LogP contribution is 2.50. The van der Waals surface area contributed by atoms with Crippen LogP contribution in [-0.4, -0.2) is 25.8 Å². The molecule has 2 unspecified atom stereocenters. The second-order valence-corrected chi connectivity index (χ2v) is 5.62. The third-order valence-corrected chi connectivity index (χ3v) is 4.73. The largest absolute Gasteiger partial charge is 0.465 e. The van der Waals surface area contributed by atoms with Crippen molar-refractivity contribution < 1.29 is 14.3 Å². The number of carbonyl (C=O) groups is 1. The Labute approximate surface area is 103 Å². The number of carbonyl (C=O) groups excluding carboxylic acids is 1. The van der Waals surface area contributed by atoms with E-state index in [4.69, 9.17) is 9.47 Å². The summed E-state index contributed by atoms with van der Waals surface area (Å²) in [7, 11) is 0. The van der Waals surface area contributed by atoms with Crippen molar-refractivity contribution in [2.45, 2.75) is 27.7 Å². The van der Waals surface area contributed by atoms with Gasteiger partial charge in [-0.3, -0.25) is 4.79 Å². The predicted octanol–water partition coefficient (Wildman–Crippen LogP) is 2.41. The number of esters is 1. The molecule has 4 atom stereocenters. The molecule has 1 aliphatic carbocycles. The Balaban J connectivity index is 2.26. The molecule has 0 aromatic rings. The summed E-state index contributed by atoms with van der Waals surface area (Å²) in [6.07, 6.45) is 2.33. The maximum atomic E-state index is 11.0. The first-order chi connectivity index (χ1) is 7.97. The molecule has 0 spiro atoms. The Hall–Kier alpha value is -0.830. The molecule has 2 rings (SSSR count). The minimum atomic E-state index is -0.202. The molecule has 1 fully saturated rings. The van der Waals surface area contributed by atoms with E-state index in [1.807, 2.05) is 0 Å². The number of fused-ring (bicyclic) bond motifs is 2. The summed E-state index contributed by atoms with van der Waals surface area (Å²) in [4.78, 5) is 11.0. The molecule has 3 nitrogen and oxygen atoms in total. The first-order valence-electron chi connectivity index (χ1n) is 6.37. The predicted molar refractivity (Wildman–Crippen MR) is 65.5 cm³/mol. The van der Waals surface area contributed by atoms with Gasteiger partial charge in [0.05, 0.1) is 19.8 Å². The third kappa shape index (κ3) is 2.01. The average molecular weight is 238 g/mol. The third-order valence-electron chi connectivity index (χ3n) is 4.73. The van der Waals surface area contributed by atoms with Gasteiger partial charge < -0.3 is 9.47 Å². The first kappa shape index (κ1) is 12.6. The van der Waals surface area contributed by atoms with Crippen LogP contribution >= 0.6 is 0 Å². The highest BCUT2D eigenvalue weighted by Gasteiger charge is 2.50. The molecule has 0 saturated carbocycles. The Kier molecular flexibility index (Phi) is 3.30. The second kappa shape index (κ2) is 4.45. The Morgan fingerprint density at radius 1 is 1.59 bits per heavy atom. The molecule has 17 heavy (non-hydrogen) atoms. The Morgan fingerprint density at radius 3 is 2.94 bits per heavy atom. The van der Waals surface area contributed by atoms with E-state index in [1.54, 1.807) is 0 Å². The van der Waals surface area contributed by atoms with Crippen LogP contribution in [0.3, 0.4) is 0 Å². The maximum Gasteiger partial charge on any atom is 0.302 e. The number of hydrogen-bond acceptors (Lipinski definition) is 3. The van der Waals surface area contributed by atoms with Crippen LogP contribution in [0.5, 0.6) is 0 Å². The highest BCUT2D eigenvalue weighted by atomic mass is 16.5. The molecule has 0 aromatic heterocycles. The van der Waals surface area contributed by atoms with Crippen molar-refractivity contribution in [2.75, 3.05) is 19.8 Å². The lowest BCUT2D eigenvalue weighted by atomic mass is 9.58. The molecule has 1 heterocycles. The van der Waals surface area contributed by atoms with Crippen molar-refractivity contribution in [3.8, 4) is 0 Å². The van der Waals surface area contributed by atoms with Crippen LogP contribution in [0, 0.1) is 23.2 Å². The molecular formula is C14H22O3. The van der Waals surface area contributed by atoms with Gasteiger partial charge in [-0.05, 0) is 18.8 Å². The van der Waals surface area contributed by atoms with Crippen LogP contribution in [0.2, 0.25) is 0 Å². The van der Waals surface area contributed by atoms with Gasteiger partial charge in [-0.2, -0.15) is 0 Å². The van der Waals surface area contributed by atoms with Gasteiger partial charge in [0.2, 0.25) is 0 Å². The lowest BCUT2D eigenvalue weighted by Gasteiger charge is -2.52. The molecular weight excluding hydrogens is 216 g/mol. The maximum absolute atomic E-state index is 11.0. The van der Waals surface area contributed by atoms with Gasteiger partial charge in [-0.25, -0.2) is 0 Å². The van der Waals surface area contributed by atoms with E-state index >= 15 is 0 Å². The lowest BCUT2D eigenvalue weighted by molar-refractivity contribution is -0.162. The zero-order valence-electron chi connectivity index (χ0n) is 11.2. The summed E-state index contributed by atoms with van der Waals surface area (Å²) in [6.45, 7) is 10.1. The van der Waals surface area contributed by atoms with Crippen molar-refractivity contribution >= 4 is 5.97 Å². The van der Waals surface area contributed by atoms with Crippen LogP contribution in [0.1, 0.15) is 27.7 Å². The standard InChI is InChI=1S/C14H22O3/c1-9-5-10(2)14(8-17-12(4)15)7-16-6-13(9)11(14)3/h5,10-11,13H,6-8H2,1-4H3/t10?,11?,13-,14-/m0/s1. The summed E-state index contributed by atoms with van der Waals surface area (Å²) < 4.78 is 11.0. The van der Waals surface area contributed by atoms with Crippen molar-refractivity contribution in [3.63, 3.8) is 0 Å². The highest BCUT2D eigenvalue weighted by molar-refractivity contribution is 5.65. The van der Waals surface area contributed by atoms with E-state index in [0.717, 1.165) is 6.61 Å². The Bertz CT molecular complexity index is 347. The molecule has 0 amide bonds. The quantitative estimate of drug-likeness (QED) is 0.547. The van der Waals surface area contributed by atoms with Crippen molar-refractivity contribution in [1.29, 1.82) is 0 Å². The lowest BCUT2D eigenvalue weighted by Crippen LogP contribution is -2.53. The van der Waals surface area contributed by atoms with Gasteiger partial charge in [0, 0.05) is 18.3 Å². The summed E-state index contributed by atoms with van der Waals surface area (Å²) in [5, 5.41) is 0. The fraction of sp³-hybridized carbons (Fsp3) is 0.786. The molecule has 2 bridgehead atoms. The SMILES string of the molecule is CC(=O)OC[C@@]12COC[C@@H](C(C)=CC1C)C2C. The van der Waals surface area contributed by atoms with Gasteiger partial charge in [0.25, 0.3) is 0 Å². The van der Waals surface area contributed by atoms with Gasteiger partial charge in [-0.1, -0.05) is 25.5 Å². The van der Waals surface area contributed by atoms with E-state index < -0.39 is 0 Å². The van der Waals surface area contributed by atoms with Crippen molar-refractivity contribution in [2.24, 2.45) is 23.2 Å². The summed E-state index contributed by atoms with van der Waals surface area (Å²) >= 11 is 0. The van der Waals surface area contributed by atoms with Crippen molar-refractivity contribution in [3.05, 3.63) is 11.6 Å². The van der Waals surface area contributed by atoms with E-state index in [9.17, 15) is 4.79 Å². The summed E-state index contributed by atoms with van der Waals surface area (Å²) in [5.74, 6) is 1.19. The Morgan fingerprint density at radius 2 is 2.29 bits per heavy atom. The monoisotopic (exact) mass is 238 g/mol. The average Bonchev–Trinajstić information content (AvgIpc) is 2.25. The van der Waals surface area contributed by atoms with Crippen LogP contribution < -0.4 is 0 Å². The molecule has 0 aromatic carbocycles. The molecule has 0 N–H and O–H groups in total. The van der Waals surface area contributed by atoms with E-state index in [2.05, 4.69) is 26.8 Å². The second-order valence-electron chi connectivity index (χ2n) is 5.62. The van der Waals surface area contributed by atoms with Crippen molar-refractivity contribution in [1.82, 2.24) is 0 Å². The minimum absolute atomic E-state index is 0.0336. The molecule has 1 aliphatic heterocycles. The van der Waals surface area contributed by atoms with Gasteiger partial charge in [-0.15, -0.1) is 0 Å². The molecule has 2 aliphatic rings. The van der Waals surface area contributed by atoms with Gasteiger partial charge in [0.15, 0.2) is 0 Å². The number of allylic oxidation sites excluding steroid dienone is 1. The summed E-state index contributed by atoms with van der Waals surface area (Å²) in [5.41, 5.74) is 1.39. The fourth-order valence-electron chi connectivity index (χ4n) is 3.35. The van der Waals surface area contributed by atoms with E-state index in [1.165, 1.54) is 12.5 Å². The van der Waals surface area contributed by atoms with Crippen LogP contribution in [-0.2, 0) is 14.3 Å². The van der Waals surface area contributed by atoms with E-state index in [0.29, 0.717) is 31.0 Å². The van der Waals surface area contributed by atoms with Crippen LogP contribution in [0.4, 0.5) is 0 Å². The molecule has 96 valence electrons. The molecule has 0 radical (unpaired) electrons. The molecule has 3 heteroatoms. The van der Waals surface area contributed by atoms with Crippen LogP contribution in [0.15, 0.2) is 11.6 Å². The van der Waals surface area contributed by atoms with Gasteiger partial charge >= 0.3 is 5.97 Å². The topological polar surface area (TPSA) is 35.5 Å².